The Kier molecular flexibility index (Phi) is 5.70. The molecule has 2 aromatic carbocycles. The highest BCUT2D eigenvalue weighted by Gasteiger charge is 2.66. The molecule has 10 heteroatoms. The van der Waals surface area contributed by atoms with Crippen LogP contribution in [-0.2, 0) is 14.0 Å². The van der Waals surface area contributed by atoms with Crippen LogP contribution in [0.5, 0.6) is 5.75 Å². The second-order valence-electron chi connectivity index (χ2n) is 10.0. The number of hydrogen-bond acceptors (Lipinski definition) is 8. The van der Waals surface area contributed by atoms with Gasteiger partial charge in [-0.3, -0.25) is 0 Å². The molecule has 0 radical (unpaired) electrons. The van der Waals surface area contributed by atoms with Crippen LogP contribution in [0.3, 0.4) is 0 Å². The van der Waals surface area contributed by atoms with Gasteiger partial charge in [-0.05, 0) is 42.2 Å². The molecule has 0 spiro atoms. The number of ether oxygens (including phenoxy) is 2. The molecule has 2 aromatic heterocycles. The molecule has 6 rings (SSSR count). The fraction of sp³-hybridized carbons (Fsp3) is 0.370. The summed E-state index contributed by atoms with van der Waals surface area (Å²) < 4.78 is 27.1. The molecule has 0 unspecified atom stereocenters. The first kappa shape index (κ1) is 23.9. The van der Waals surface area contributed by atoms with E-state index in [0.29, 0.717) is 30.2 Å². The minimum absolute atomic E-state index is 0.207. The molecule has 9 nitrogen and oxygen atoms in total. The third-order valence-corrected chi connectivity index (χ3v) is 7.91. The molecule has 2 saturated heterocycles. The minimum atomic E-state index is -0.609. The van der Waals surface area contributed by atoms with E-state index in [2.05, 4.69) is 42.1 Å². The molecule has 2 aliphatic rings. The number of rotatable bonds is 6. The van der Waals surface area contributed by atoms with Crippen LogP contribution < -0.4 is 15.9 Å². The van der Waals surface area contributed by atoms with Gasteiger partial charge in [0.1, 0.15) is 17.0 Å². The summed E-state index contributed by atoms with van der Waals surface area (Å²) in [6.45, 7) is 7.46. The summed E-state index contributed by atoms with van der Waals surface area (Å²) in [6.07, 6.45) is 6.00. The Labute approximate surface area is 216 Å². The van der Waals surface area contributed by atoms with Crippen LogP contribution in [0.1, 0.15) is 27.2 Å². The number of nitrogens with two attached hydrogens (primary N) is 1. The monoisotopic (exact) mass is 499 g/mol. The number of fused-ring (bicyclic) bond motifs is 2. The van der Waals surface area contributed by atoms with Gasteiger partial charge in [0.05, 0.1) is 43.4 Å². The van der Waals surface area contributed by atoms with E-state index in [-0.39, 0.29) is 5.92 Å². The van der Waals surface area contributed by atoms with E-state index < -0.39 is 18.3 Å². The van der Waals surface area contributed by atoms with Gasteiger partial charge in [-0.15, -0.1) is 0 Å². The second-order valence-corrected chi connectivity index (χ2v) is 10.0. The lowest BCUT2D eigenvalue weighted by Crippen LogP contribution is -2.54. The molecular weight excluding hydrogens is 469 g/mol. The summed E-state index contributed by atoms with van der Waals surface area (Å²) in [5, 5.41) is 13.7. The molecule has 0 amide bonds. The summed E-state index contributed by atoms with van der Waals surface area (Å²) >= 11 is 0. The van der Waals surface area contributed by atoms with Crippen molar-refractivity contribution < 1.29 is 18.8 Å². The van der Waals surface area contributed by atoms with E-state index in [1.165, 1.54) is 0 Å². The van der Waals surface area contributed by atoms with E-state index >= 15 is 0 Å². The zero-order valence-corrected chi connectivity index (χ0v) is 21.5. The number of benzene rings is 2. The molecule has 0 bridgehead atoms. The highest BCUT2D eigenvalue weighted by Crippen LogP contribution is 2.49. The van der Waals surface area contributed by atoms with Gasteiger partial charge in [0.2, 0.25) is 0 Å². The van der Waals surface area contributed by atoms with Crippen molar-refractivity contribution in [1.29, 1.82) is 0 Å². The third-order valence-electron chi connectivity index (χ3n) is 7.91. The highest BCUT2D eigenvalue weighted by molar-refractivity contribution is 6.63. The van der Waals surface area contributed by atoms with Gasteiger partial charge in [0, 0.05) is 34.9 Å². The first-order valence-electron chi connectivity index (χ1n) is 12.6. The maximum absolute atomic E-state index is 6.78. The standard InChI is InChI=1S/C27H30BN5O4/c1-5-26-15-35-16-27(26,17(2)3)37-28(36-26)21-12-20(24(13-25(21)34-4)33-10-6-9-31-33)18-7-8-19-22(29)14-30-32-23(19)11-18/h6-14,17H,5,15-16H2,1-4H3,(H2,29,32)/t26-,27-/m0/s1. The molecule has 4 heterocycles. The number of nitrogens with zero attached hydrogens (tertiary/aromatic N) is 4. The third kappa shape index (κ3) is 3.54. The molecule has 4 aromatic rings. The fourth-order valence-electron chi connectivity index (χ4n) is 5.78. The molecule has 0 aliphatic carbocycles. The first-order chi connectivity index (χ1) is 17.9. The lowest BCUT2D eigenvalue weighted by molar-refractivity contribution is -0.0429. The first-order valence-corrected chi connectivity index (χ1v) is 12.6. The van der Waals surface area contributed by atoms with Gasteiger partial charge in [-0.1, -0.05) is 26.8 Å². The quantitative estimate of drug-likeness (QED) is 0.403. The maximum Gasteiger partial charge on any atom is 0.498 e. The van der Waals surface area contributed by atoms with Gasteiger partial charge in [-0.2, -0.15) is 15.3 Å². The average molecular weight is 499 g/mol. The summed E-state index contributed by atoms with van der Waals surface area (Å²) in [5.74, 6) is 0.869. The van der Waals surface area contributed by atoms with Crippen molar-refractivity contribution in [2.75, 3.05) is 26.1 Å². The van der Waals surface area contributed by atoms with Crippen LogP contribution in [-0.4, -0.2) is 58.6 Å². The summed E-state index contributed by atoms with van der Waals surface area (Å²) in [7, 11) is 1.05. The van der Waals surface area contributed by atoms with Crippen LogP contribution in [0.2, 0.25) is 0 Å². The van der Waals surface area contributed by atoms with Crippen LogP contribution in [0, 0.1) is 5.92 Å². The van der Waals surface area contributed by atoms with Crippen LogP contribution in [0.25, 0.3) is 27.7 Å². The molecule has 2 aliphatic heterocycles. The van der Waals surface area contributed by atoms with Crippen molar-refractivity contribution in [2.24, 2.45) is 5.92 Å². The number of aromatic nitrogens is 4. The molecular formula is C27H30BN5O4. The molecule has 190 valence electrons. The normalized spacial score (nSPS) is 23.2. The average Bonchev–Trinajstić information content (AvgIpc) is 3.63. The summed E-state index contributed by atoms with van der Waals surface area (Å²) in [5.41, 5.74) is 9.91. The van der Waals surface area contributed by atoms with Crippen LogP contribution >= 0.6 is 0 Å². The van der Waals surface area contributed by atoms with Crippen molar-refractivity contribution in [2.45, 2.75) is 38.4 Å². The second kappa shape index (κ2) is 8.83. The largest absolute Gasteiger partial charge is 0.498 e. The molecule has 2 fully saturated rings. The van der Waals surface area contributed by atoms with E-state index in [0.717, 1.165) is 34.1 Å². The van der Waals surface area contributed by atoms with Gasteiger partial charge in [0.25, 0.3) is 0 Å². The van der Waals surface area contributed by atoms with Crippen molar-refractivity contribution in [3.05, 3.63) is 55.0 Å². The van der Waals surface area contributed by atoms with Gasteiger partial charge >= 0.3 is 7.12 Å². The van der Waals surface area contributed by atoms with Crippen molar-refractivity contribution in [3.8, 4) is 22.6 Å². The van der Waals surface area contributed by atoms with Gasteiger partial charge < -0.3 is 24.5 Å². The van der Waals surface area contributed by atoms with Crippen molar-refractivity contribution in [1.82, 2.24) is 20.0 Å². The topological polar surface area (TPSA) is 107 Å². The van der Waals surface area contributed by atoms with Gasteiger partial charge in [-0.25, -0.2) is 4.68 Å². The van der Waals surface area contributed by atoms with Crippen LogP contribution in [0.4, 0.5) is 5.69 Å². The fourth-order valence-corrected chi connectivity index (χ4v) is 5.78. The predicted octanol–water partition coefficient (Wildman–Crippen LogP) is 3.39. The Morgan fingerprint density at radius 2 is 2.05 bits per heavy atom. The van der Waals surface area contributed by atoms with E-state index in [9.17, 15) is 0 Å². The maximum atomic E-state index is 6.78. The molecule has 2 N–H and O–H groups in total. The summed E-state index contributed by atoms with van der Waals surface area (Å²) in [6, 6.07) is 11.9. The number of nitrogen functional groups attached to an aromatic ring is 1. The number of hydrogen-bond donors (Lipinski definition) is 1. The van der Waals surface area contributed by atoms with Crippen molar-refractivity contribution in [3.63, 3.8) is 0 Å². The minimum Gasteiger partial charge on any atom is -0.497 e. The SMILES string of the molecule is CC[C@]12COC[C@@]1(C(C)C)OB(c1cc(-c3ccc4c(N)cnnc4c3)c(-n3cccn3)cc1OC)O2. The lowest BCUT2D eigenvalue weighted by Gasteiger charge is -2.39. The Hall–Kier alpha value is -3.47. The number of methoxy groups -OCH3 is 1. The van der Waals surface area contributed by atoms with Gasteiger partial charge in [0.15, 0.2) is 0 Å². The van der Waals surface area contributed by atoms with E-state index in [1.54, 1.807) is 19.5 Å². The Morgan fingerprint density at radius 3 is 2.76 bits per heavy atom. The predicted molar refractivity (Wildman–Crippen MR) is 142 cm³/mol. The Bertz CT molecular complexity index is 1460. The number of anilines is 1. The van der Waals surface area contributed by atoms with E-state index in [4.69, 9.17) is 24.5 Å². The van der Waals surface area contributed by atoms with Crippen LogP contribution in [0.15, 0.2) is 55.0 Å². The zero-order chi connectivity index (χ0) is 25.8. The molecule has 2 atom stereocenters. The Balaban J connectivity index is 1.53. The summed E-state index contributed by atoms with van der Waals surface area (Å²) in [4.78, 5) is 0. The smallest absolute Gasteiger partial charge is 0.497 e. The highest BCUT2D eigenvalue weighted by atomic mass is 16.7. The van der Waals surface area contributed by atoms with Crippen molar-refractivity contribution >= 4 is 29.2 Å². The zero-order valence-electron chi connectivity index (χ0n) is 21.5. The lowest BCUT2D eigenvalue weighted by atomic mass is 9.76. The molecule has 37 heavy (non-hydrogen) atoms. The molecule has 0 saturated carbocycles. The Morgan fingerprint density at radius 1 is 1.19 bits per heavy atom. The van der Waals surface area contributed by atoms with E-state index in [1.807, 2.05) is 41.2 Å².